The number of rotatable bonds is 1. The van der Waals surface area contributed by atoms with Crippen LogP contribution >= 0.6 is 0 Å². The highest BCUT2D eigenvalue weighted by atomic mass is 16.5. The van der Waals surface area contributed by atoms with Gasteiger partial charge in [0.05, 0.1) is 12.2 Å². The average molecular weight is 155 g/mol. The molecular formula is C9H17NO. The molecule has 2 nitrogen and oxygen atoms in total. The molecule has 1 atom stereocenters. The van der Waals surface area contributed by atoms with Crippen molar-refractivity contribution in [1.82, 2.24) is 5.32 Å². The highest BCUT2D eigenvalue weighted by Crippen LogP contribution is 2.36. The van der Waals surface area contributed by atoms with E-state index in [1.165, 1.54) is 25.7 Å². The van der Waals surface area contributed by atoms with Gasteiger partial charge in [0.2, 0.25) is 0 Å². The molecule has 1 saturated heterocycles. The van der Waals surface area contributed by atoms with Gasteiger partial charge < -0.3 is 10.1 Å². The minimum Gasteiger partial charge on any atom is -0.372 e. The molecule has 0 amide bonds. The topological polar surface area (TPSA) is 21.3 Å². The van der Waals surface area contributed by atoms with Gasteiger partial charge in [-0.1, -0.05) is 6.92 Å². The Balaban J connectivity index is 1.84. The van der Waals surface area contributed by atoms with Crippen LogP contribution in [0.15, 0.2) is 0 Å². The standard InChI is InChI=1S/C9H17NO/c1-2-8-6-11-9(7-10-8)4-3-5-9/h8,10H,2-7H2,1H3. The number of nitrogens with one attached hydrogen (secondary N) is 1. The van der Waals surface area contributed by atoms with Crippen LogP contribution in [0.4, 0.5) is 0 Å². The number of morpholine rings is 1. The van der Waals surface area contributed by atoms with Crippen molar-refractivity contribution in [2.75, 3.05) is 13.2 Å². The fourth-order valence-electron chi connectivity index (χ4n) is 1.87. The predicted octanol–water partition coefficient (Wildman–Crippen LogP) is 1.31. The van der Waals surface area contributed by atoms with Crippen LogP contribution in [0.3, 0.4) is 0 Å². The Morgan fingerprint density at radius 1 is 1.55 bits per heavy atom. The van der Waals surface area contributed by atoms with E-state index < -0.39 is 0 Å². The fraction of sp³-hybridized carbons (Fsp3) is 1.00. The van der Waals surface area contributed by atoms with Crippen LogP contribution in [0.1, 0.15) is 32.6 Å². The molecule has 0 aromatic rings. The zero-order valence-corrected chi connectivity index (χ0v) is 7.23. The quantitative estimate of drug-likeness (QED) is 0.616. The highest BCUT2D eigenvalue weighted by molar-refractivity contribution is 4.95. The second-order valence-electron chi connectivity index (χ2n) is 3.83. The van der Waals surface area contributed by atoms with Crippen molar-refractivity contribution in [2.45, 2.75) is 44.2 Å². The van der Waals surface area contributed by atoms with Gasteiger partial charge >= 0.3 is 0 Å². The van der Waals surface area contributed by atoms with Gasteiger partial charge in [0, 0.05) is 12.6 Å². The van der Waals surface area contributed by atoms with E-state index in [1.807, 2.05) is 0 Å². The zero-order valence-electron chi connectivity index (χ0n) is 7.23. The van der Waals surface area contributed by atoms with Crippen molar-refractivity contribution in [1.29, 1.82) is 0 Å². The lowest BCUT2D eigenvalue weighted by Gasteiger charge is -2.46. The summed E-state index contributed by atoms with van der Waals surface area (Å²) in [6.45, 7) is 4.22. The minimum absolute atomic E-state index is 0.270. The third-order valence-corrected chi connectivity index (χ3v) is 3.06. The maximum Gasteiger partial charge on any atom is 0.0807 e. The Bertz CT molecular complexity index is 132. The Morgan fingerprint density at radius 3 is 2.73 bits per heavy atom. The summed E-state index contributed by atoms with van der Waals surface area (Å²) in [5, 5.41) is 3.54. The van der Waals surface area contributed by atoms with Crippen molar-refractivity contribution in [3.63, 3.8) is 0 Å². The van der Waals surface area contributed by atoms with Crippen LogP contribution in [0.5, 0.6) is 0 Å². The second kappa shape index (κ2) is 2.76. The SMILES string of the molecule is CCC1COC2(CCC2)CN1. The summed E-state index contributed by atoms with van der Waals surface area (Å²) < 4.78 is 5.84. The van der Waals surface area contributed by atoms with Crippen LogP contribution in [0.2, 0.25) is 0 Å². The summed E-state index contributed by atoms with van der Waals surface area (Å²) in [4.78, 5) is 0. The van der Waals surface area contributed by atoms with E-state index in [0.29, 0.717) is 6.04 Å². The average Bonchev–Trinajstić information content (AvgIpc) is 2.02. The molecule has 1 spiro atoms. The molecule has 0 radical (unpaired) electrons. The summed E-state index contributed by atoms with van der Waals surface area (Å²) >= 11 is 0. The molecule has 1 saturated carbocycles. The molecule has 1 aliphatic carbocycles. The van der Waals surface area contributed by atoms with Gasteiger partial charge in [-0.25, -0.2) is 0 Å². The molecule has 1 N–H and O–H groups in total. The van der Waals surface area contributed by atoms with Crippen molar-refractivity contribution < 1.29 is 4.74 Å². The van der Waals surface area contributed by atoms with Crippen molar-refractivity contribution in [2.24, 2.45) is 0 Å². The van der Waals surface area contributed by atoms with Crippen LogP contribution in [0, 0.1) is 0 Å². The van der Waals surface area contributed by atoms with Gasteiger partial charge in [-0.05, 0) is 25.7 Å². The first-order valence-corrected chi connectivity index (χ1v) is 4.72. The zero-order chi connectivity index (χ0) is 7.73. The molecular weight excluding hydrogens is 138 g/mol. The first-order chi connectivity index (χ1) is 5.35. The predicted molar refractivity (Wildman–Crippen MR) is 44.6 cm³/mol. The minimum atomic E-state index is 0.270. The fourth-order valence-corrected chi connectivity index (χ4v) is 1.87. The molecule has 0 aromatic heterocycles. The van der Waals surface area contributed by atoms with E-state index in [0.717, 1.165) is 13.2 Å². The van der Waals surface area contributed by atoms with E-state index in [-0.39, 0.29) is 5.60 Å². The van der Waals surface area contributed by atoms with Gasteiger partial charge in [-0.3, -0.25) is 0 Å². The van der Waals surface area contributed by atoms with Gasteiger partial charge in [0.15, 0.2) is 0 Å². The summed E-state index contributed by atoms with van der Waals surface area (Å²) in [7, 11) is 0. The van der Waals surface area contributed by atoms with Crippen LogP contribution in [-0.2, 0) is 4.74 Å². The van der Waals surface area contributed by atoms with E-state index in [1.54, 1.807) is 0 Å². The first-order valence-electron chi connectivity index (χ1n) is 4.72. The van der Waals surface area contributed by atoms with Gasteiger partial charge in [0.25, 0.3) is 0 Å². The molecule has 0 bridgehead atoms. The largest absolute Gasteiger partial charge is 0.372 e. The third kappa shape index (κ3) is 1.30. The maximum absolute atomic E-state index is 5.84. The number of ether oxygens (including phenoxy) is 1. The normalized spacial score (nSPS) is 35.2. The molecule has 64 valence electrons. The third-order valence-electron chi connectivity index (χ3n) is 3.06. The highest BCUT2D eigenvalue weighted by Gasteiger charge is 2.40. The lowest BCUT2D eigenvalue weighted by atomic mass is 9.79. The second-order valence-corrected chi connectivity index (χ2v) is 3.83. The Labute approximate surface area is 68.3 Å². The van der Waals surface area contributed by atoms with Crippen LogP contribution in [0.25, 0.3) is 0 Å². The molecule has 2 heteroatoms. The molecule has 0 aromatic carbocycles. The van der Waals surface area contributed by atoms with Crippen LogP contribution in [-0.4, -0.2) is 24.8 Å². The summed E-state index contributed by atoms with van der Waals surface area (Å²) in [6.07, 6.45) is 5.10. The molecule has 1 unspecified atom stereocenters. The van der Waals surface area contributed by atoms with Gasteiger partial charge in [-0.15, -0.1) is 0 Å². The van der Waals surface area contributed by atoms with E-state index in [2.05, 4.69) is 12.2 Å². The Morgan fingerprint density at radius 2 is 2.36 bits per heavy atom. The lowest BCUT2D eigenvalue weighted by molar-refractivity contribution is -0.129. The van der Waals surface area contributed by atoms with E-state index in [9.17, 15) is 0 Å². The molecule has 2 rings (SSSR count). The lowest BCUT2D eigenvalue weighted by Crippen LogP contribution is -2.57. The molecule has 11 heavy (non-hydrogen) atoms. The molecule has 2 aliphatic rings. The Hall–Kier alpha value is -0.0800. The first kappa shape index (κ1) is 7.56. The number of hydrogen-bond donors (Lipinski definition) is 1. The van der Waals surface area contributed by atoms with Gasteiger partial charge in [-0.2, -0.15) is 0 Å². The Kier molecular flexibility index (Phi) is 1.90. The van der Waals surface area contributed by atoms with Crippen molar-refractivity contribution in [3.05, 3.63) is 0 Å². The van der Waals surface area contributed by atoms with E-state index >= 15 is 0 Å². The van der Waals surface area contributed by atoms with Crippen molar-refractivity contribution >= 4 is 0 Å². The number of hydrogen-bond acceptors (Lipinski definition) is 2. The van der Waals surface area contributed by atoms with E-state index in [4.69, 9.17) is 4.74 Å². The van der Waals surface area contributed by atoms with Crippen LogP contribution < -0.4 is 5.32 Å². The molecule has 1 heterocycles. The maximum atomic E-state index is 5.84. The monoisotopic (exact) mass is 155 g/mol. The molecule has 2 fully saturated rings. The summed E-state index contributed by atoms with van der Waals surface area (Å²) in [5.41, 5.74) is 0.270. The van der Waals surface area contributed by atoms with Crippen molar-refractivity contribution in [3.8, 4) is 0 Å². The van der Waals surface area contributed by atoms with Gasteiger partial charge in [0.1, 0.15) is 0 Å². The smallest absolute Gasteiger partial charge is 0.0807 e. The summed E-state index contributed by atoms with van der Waals surface area (Å²) in [5.74, 6) is 0. The molecule has 1 aliphatic heterocycles. The summed E-state index contributed by atoms with van der Waals surface area (Å²) in [6, 6.07) is 0.612.